The quantitative estimate of drug-likeness (QED) is 0.899. The lowest BCUT2D eigenvalue weighted by Gasteiger charge is -2.07. The fourth-order valence-corrected chi connectivity index (χ4v) is 2.71. The number of rotatable bonds is 5. The molecule has 0 atom stereocenters. The summed E-state index contributed by atoms with van der Waals surface area (Å²) in [5.41, 5.74) is 2.34. The molecule has 0 saturated heterocycles. The van der Waals surface area contributed by atoms with E-state index in [1.807, 2.05) is 31.2 Å². The molecule has 0 aliphatic rings. The van der Waals surface area contributed by atoms with E-state index >= 15 is 0 Å². The standard InChI is InChI=1S/C16H15F2NOS/c1-11-4-2-3-5-12(11)9-21-10-16(20)19-15-7-6-13(17)8-14(15)18/h2-8H,9-10H2,1H3,(H,19,20). The van der Waals surface area contributed by atoms with Gasteiger partial charge in [0.05, 0.1) is 11.4 Å². The van der Waals surface area contributed by atoms with Crippen LogP contribution in [0.3, 0.4) is 0 Å². The SMILES string of the molecule is Cc1ccccc1CSCC(=O)Nc1ccc(F)cc1F. The van der Waals surface area contributed by atoms with Crippen molar-refractivity contribution in [3.05, 3.63) is 65.2 Å². The van der Waals surface area contributed by atoms with Crippen LogP contribution < -0.4 is 5.32 Å². The van der Waals surface area contributed by atoms with Crippen LogP contribution in [0.5, 0.6) is 0 Å². The highest BCUT2D eigenvalue weighted by atomic mass is 32.2. The van der Waals surface area contributed by atoms with Gasteiger partial charge in [-0.3, -0.25) is 4.79 Å². The van der Waals surface area contributed by atoms with Gasteiger partial charge >= 0.3 is 0 Å². The molecule has 110 valence electrons. The molecule has 0 unspecified atom stereocenters. The molecule has 0 spiro atoms. The van der Waals surface area contributed by atoms with Gasteiger partial charge in [-0.25, -0.2) is 8.78 Å². The van der Waals surface area contributed by atoms with Gasteiger partial charge in [0.15, 0.2) is 0 Å². The van der Waals surface area contributed by atoms with Crippen LogP contribution >= 0.6 is 11.8 Å². The maximum atomic E-state index is 13.4. The van der Waals surface area contributed by atoms with E-state index in [2.05, 4.69) is 5.32 Å². The molecule has 2 aromatic rings. The zero-order valence-corrected chi connectivity index (χ0v) is 12.3. The Morgan fingerprint density at radius 2 is 1.95 bits per heavy atom. The molecule has 0 aliphatic carbocycles. The first-order valence-corrected chi connectivity index (χ1v) is 7.59. The molecule has 0 bridgehead atoms. The number of nitrogens with one attached hydrogen (secondary N) is 1. The first kappa shape index (κ1) is 15.5. The first-order valence-electron chi connectivity index (χ1n) is 6.43. The number of carbonyl (C=O) groups is 1. The lowest BCUT2D eigenvalue weighted by Crippen LogP contribution is -2.15. The Morgan fingerprint density at radius 1 is 1.19 bits per heavy atom. The number of benzene rings is 2. The predicted molar refractivity (Wildman–Crippen MR) is 82.3 cm³/mol. The average molecular weight is 307 g/mol. The second kappa shape index (κ2) is 7.22. The van der Waals surface area contributed by atoms with E-state index in [-0.39, 0.29) is 17.3 Å². The van der Waals surface area contributed by atoms with Crippen LogP contribution in [0.4, 0.5) is 14.5 Å². The maximum absolute atomic E-state index is 13.4. The number of anilines is 1. The first-order chi connectivity index (χ1) is 10.1. The predicted octanol–water partition coefficient (Wildman–Crippen LogP) is 4.15. The molecule has 2 nitrogen and oxygen atoms in total. The van der Waals surface area contributed by atoms with Crippen LogP contribution in [-0.2, 0) is 10.5 Å². The Hall–Kier alpha value is -1.88. The zero-order valence-electron chi connectivity index (χ0n) is 11.5. The van der Waals surface area contributed by atoms with E-state index in [9.17, 15) is 13.6 Å². The summed E-state index contributed by atoms with van der Waals surface area (Å²) in [5.74, 6) is -0.817. The van der Waals surface area contributed by atoms with Crippen molar-refractivity contribution in [1.82, 2.24) is 0 Å². The molecule has 21 heavy (non-hydrogen) atoms. The van der Waals surface area contributed by atoms with Crippen molar-refractivity contribution in [2.24, 2.45) is 0 Å². The Morgan fingerprint density at radius 3 is 2.67 bits per heavy atom. The molecular weight excluding hydrogens is 292 g/mol. The van der Waals surface area contributed by atoms with Gasteiger partial charge in [0.2, 0.25) is 5.91 Å². The smallest absolute Gasteiger partial charge is 0.234 e. The van der Waals surface area contributed by atoms with Gasteiger partial charge in [0.1, 0.15) is 11.6 Å². The molecule has 5 heteroatoms. The number of hydrogen-bond donors (Lipinski definition) is 1. The summed E-state index contributed by atoms with van der Waals surface area (Å²) in [6, 6.07) is 11.0. The third kappa shape index (κ3) is 4.56. The van der Waals surface area contributed by atoms with Gasteiger partial charge in [-0.1, -0.05) is 24.3 Å². The lowest BCUT2D eigenvalue weighted by molar-refractivity contribution is -0.113. The maximum Gasteiger partial charge on any atom is 0.234 e. The molecule has 0 saturated carbocycles. The van der Waals surface area contributed by atoms with Crippen molar-refractivity contribution in [3.8, 4) is 0 Å². The van der Waals surface area contributed by atoms with E-state index in [0.717, 1.165) is 12.1 Å². The van der Waals surface area contributed by atoms with Gasteiger partial charge in [-0.05, 0) is 30.2 Å². The number of thioether (sulfide) groups is 1. The van der Waals surface area contributed by atoms with Crippen LogP contribution in [0.1, 0.15) is 11.1 Å². The summed E-state index contributed by atoms with van der Waals surface area (Å²) in [7, 11) is 0. The van der Waals surface area contributed by atoms with Crippen molar-refractivity contribution in [2.45, 2.75) is 12.7 Å². The van der Waals surface area contributed by atoms with Gasteiger partial charge in [0, 0.05) is 11.8 Å². The number of hydrogen-bond acceptors (Lipinski definition) is 2. The summed E-state index contributed by atoms with van der Waals surface area (Å²) < 4.78 is 26.1. The summed E-state index contributed by atoms with van der Waals surface area (Å²) in [5, 5.41) is 2.44. The highest BCUT2D eigenvalue weighted by Crippen LogP contribution is 2.18. The summed E-state index contributed by atoms with van der Waals surface area (Å²) in [6.07, 6.45) is 0. The molecule has 1 amide bonds. The molecule has 0 aliphatic heterocycles. The van der Waals surface area contributed by atoms with Crippen LogP contribution in [0.2, 0.25) is 0 Å². The average Bonchev–Trinajstić information content (AvgIpc) is 2.44. The number of aryl methyl sites for hydroxylation is 1. The van der Waals surface area contributed by atoms with E-state index in [0.29, 0.717) is 5.75 Å². The molecular formula is C16H15F2NOS. The molecule has 0 fully saturated rings. The Kier molecular flexibility index (Phi) is 5.33. The Labute approximate surface area is 126 Å². The Bertz CT molecular complexity index is 646. The van der Waals surface area contributed by atoms with Gasteiger partial charge in [-0.15, -0.1) is 11.8 Å². The second-order valence-electron chi connectivity index (χ2n) is 4.59. The fraction of sp³-hybridized carbons (Fsp3) is 0.188. The minimum atomic E-state index is -0.771. The van der Waals surface area contributed by atoms with E-state index in [1.54, 1.807) is 0 Å². The normalized spacial score (nSPS) is 10.4. The lowest BCUT2D eigenvalue weighted by atomic mass is 10.1. The van der Waals surface area contributed by atoms with Crippen molar-refractivity contribution >= 4 is 23.4 Å². The highest BCUT2D eigenvalue weighted by molar-refractivity contribution is 7.99. The summed E-state index contributed by atoms with van der Waals surface area (Å²) >= 11 is 1.45. The molecule has 1 N–H and O–H groups in total. The third-order valence-corrected chi connectivity index (χ3v) is 3.94. The Balaban J connectivity index is 1.84. The van der Waals surface area contributed by atoms with Crippen LogP contribution in [0, 0.1) is 18.6 Å². The van der Waals surface area contributed by atoms with Crippen LogP contribution in [0.15, 0.2) is 42.5 Å². The number of carbonyl (C=O) groups excluding carboxylic acids is 1. The van der Waals surface area contributed by atoms with Gasteiger partial charge in [-0.2, -0.15) is 0 Å². The molecule has 0 radical (unpaired) electrons. The topological polar surface area (TPSA) is 29.1 Å². The van der Waals surface area contributed by atoms with Crippen molar-refractivity contribution in [1.29, 1.82) is 0 Å². The molecule has 0 heterocycles. The largest absolute Gasteiger partial charge is 0.323 e. The minimum Gasteiger partial charge on any atom is -0.323 e. The van der Waals surface area contributed by atoms with Crippen molar-refractivity contribution in [3.63, 3.8) is 0 Å². The minimum absolute atomic E-state index is 0.00195. The third-order valence-electron chi connectivity index (χ3n) is 2.96. The highest BCUT2D eigenvalue weighted by Gasteiger charge is 2.08. The fourth-order valence-electron chi connectivity index (χ4n) is 1.80. The van der Waals surface area contributed by atoms with Crippen LogP contribution in [0.25, 0.3) is 0 Å². The van der Waals surface area contributed by atoms with Gasteiger partial charge in [0.25, 0.3) is 0 Å². The summed E-state index contributed by atoms with van der Waals surface area (Å²) in [4.78, 5) is 11.7. The molecule has 0 aromatic heterocycles. The second-order valence-corrected chi connectivity index (χ2v) is 5.58. The summed E-state index contributed by atoms with van der Waals surface area (Å²) in [6.45, 7) is 2.02. The van der Waals surface area contributed by atoms with Crippen LogP contribution in [-0.4, -0.2) is 11.7 Å². The number of amides is 1. The number of halogens is 2. The van der Waals surface area contributed by atoms with Crippen molar-refractivity contribution in [2.75, 3.05) is 11.1 Å². The van der Waals surface area contributed by atoms with E-state index in [4.69, 9.17) is 0 Å². The van der Waals surface area contributed by atoms with E-state index in [1.165, 1.54) is 29.0 Å². The zero-order chi connectivity index (χ0) is 15.2. The van der Waals surface area contributed by atoms with Gasteiger partial charge < -0.3 is 5.32 Å². The monoisotopic (exact) mass is 307 g/mol. The van der Waals surface area contributed by atoms with Crippen molar-refractivity contribution < 1.29 is 13.6 Å². The van der Waals surface area contributed by atoms with E-state index < -0.39 is 11.6 Å². The molecule has 2 rings (SSSR count). The molecule has 2 aromatic carbocycles.